The average Bonchev–Trinajstić information content (AvgIpc) is 3.13. The molecule has 3 amide bonds. The molecule has 0 radical (unpaired) electrons. The van der Waals surface area contributed by atoms with Gasteiger partial charge in [0.05, 0.1) is 19.7 Å². The minimum Gasteiger partial charge on any atom is -0.444 e. The van der Waals surface area contributed by atoms with Crippen LogP contribution in [0.4, 0.5) is 4.79 Å². The van der Waals surface area contributed by atoms with Gasteiger partial charge in [-0.1, -0.05) is 0 Å². The maximum atomic E-state index is 13.0. The van der Waals surface area contributed by atoms with Gasteiger partial charge in [0.15, 0.2) is 0 Å². The van der Waals surface area contributed by atoms with Crippen molar-refractivity contribution in [3.05, 3.63) is 24.3 Å². The molecule has 10 nitrogen and oxygen atoms in total. The highest BCUT2D eigenvalue weighted by Crippen LogP contribution is 2.40. The number of hydrogen-bond donors (Lipinski definition) is 2. The third-order valence-corrected chi connectivity index (χ3v) is 5.09. The van der Waals surface area contributed by atoms with E-state index >= 15 is 0 Å². The summed E-state index contributed by atoms with van der Waals surface area (Å²) < 4.78 is 5.43. The summed E-state index contributed by atoms with van der Waals surface area (Å²) in [6.07, 6.45) is 3.78. The van der Waals surface area contributed by atoms with Gasteiger partial charge in [-0.15, -0.1) is 0 Å². The second-order valence-corrected chi connectivity index (χ2v) is 8.28. The smallest absolute Gasteiger partial charge is 0.411 e. The molecule has 2 fully saturated rings. The minimum atomic E-state index is -1.03. The van der Waals surface area contributed by atoms with Crippen molar-refractivity contribution in [3.8, 4) is 0 Å². The normalized spacial score (nSPS) is 22.4. The molecule has 3 heterocycles. The van der Waals surface area contributed by atoms with Crippen LogP contribution < -0.4 is 5.32 Å². The van der Waals surface area contributed by atoms with E-state index in [1.807, 2.05) is 0 Å². The third kappa shape index (κ3) is 4.16. The van der Waals surface area contributed by atoms with E-state index in [4.69, 9.17) is 4.74 Å². The molecule has 2 saturated heterocycles. The Morgan fingerprint density at radius 1 is 1.34 bits per heavy atom. The summed E-state index contributed by atoms with van der Waals surface area (Å²) in [6.45, 7) is 5.49. The molecule has 1 unspecified atom stereocenters. The Bertz CT molecular complexity index is 781. The molecule has 2 aliphatic rings. The predicted octanol–water partition coefficient (Wildman–Crippen LogP) is 0.0656. The van der Waals surface area contributed by atoms with Crippen LogP contribution in [0.1, 0.15) is 39.4 Å². The fourth-order valence-electron chi connectivity index (χ4n) is 3.73. The second-order valence-electron chi connectivity index (χ2n) is 8.28. The van der Waals surface area contributed by atoms with Crippen molar-refractivity contribution >= 4 is 17.9 Å². The molecule has 0 aromatic carbocycles. The standard InChI is InChI=1S/C19H27N5O5/c1-18(2,3)29-17(28)24-9-4-6-19(24)12-23(16(19)27)13(11-25)15(26)22-10-14-20-7-5-8-21-14/h5,7-8,13,25H,4,6,9-12H2,1-3H3,(H,22,26)/t13-,19?/m0/s1. The number of aromatic nitrogens is 2. The monoisotopic (exact) mass is 405 g/mol. The molecule has 2 atom stereocenters. The molecule has 0 bridgehead atoms. The molecular weight excluding hydrogens is 378 g/mol. The van der Waals surface area contributed by atoms with E-state index in [0.717, 1.165) is 0 Å². The average molecular weight is 405 g/mol. The molecule has 10 heteroatoms. The van der Waals surface area contributed by atoms with Crippen LogP contribution in [0.5, 0.6) is 0 Å². The fourth-order valence-corrected chi connectivity index (χ4v) is 3.73. The fraction of sp³-hybridized carbons (Fsp3) is 0.632. The topological polar surface area (TPSA) is 125 Å². The Morgan fingerprint density at radius 3 is 2.62 bits per heavy atom. The highest BCUT2D eigenvalue weighted by Gasteiger charge is 2.62. The molecule has 1 aromatic heterocycles. The van der Waals surface area contributed by atoms with Gasteiger partial charge in [0.1, 0.15) is 23.0 Å². The van der Waals surface area contributed by atoms with E-state index in [1.165, 1.54) is 9.80 Å². The number of nitrogens with zero attached hydrogens (tertiary/aromatic N) is 4. The molecule has 29 heavy (non-hydrogen) atoms. The number of nitrogens with one attached hydrogen (secondary N) is 1. The van der Waals surface area contributed by atoms with Crippen LogP contribution in [-0.4, -0.2) is 79.7 Å². The zero-order chi connectivity index (χ0) is 21.2. The molecule has 0 saturated carbocycles. The summed E-state index contributed by atoms with van der Waals surface area (Å²) in [5.74, 6) is -0.410. The molecule has 2 aliphatic heterocycles. The zero-order valence-corrected chi connectivity index (χ0v) is 16.9. The number of amides is 3. The molecule has 158 valence electrons. The summed E-state index contributed by atoms with van der Waals surface area (Å²) in [4.78, 5) is 48.9. The van der Waals surface area contributed by atoms with Gasteiger partial charge in [-0.3, -0.25) is 14.5 Å². The first kappa shape index (κ1) is 21.0. The number of aliphatic hydroxyl groups is 1. The lowest BCUT2D eigenvalue weighted by atomic mass is 9.84. The molecule has 1 spiro atoms. The van der Waals surface area contributed by atoms with E-state index in [1.54, 1.807) is 39.2 Å². The van der Waals surface area contributed by atoms with Crippen molar-refractivity contribution in [1.29, 1.82) is 0 Å². The Labute approximate surface area is 169 Å². The first-order valence-corrected chi connectivity index (χ1v) is 9.64. The largest absolute Gasteiger partial charge is 0.444 e. The number of carbonyl (C=O) groups is 3. The number of β-lactam (4-membered cyclic amide) rings is 1. The van der Waals surface area contributed by atoms with Gasteiger partial charge < -0.3 is 20.1 Å². The molecule has 0 aliphatic carbocycles. The SMILES string of the molecule is CC(C)(C)OC(=O)N1CCCC12CN([C@@H](CO)C(=O)NCc1ncccn1)C2=O. The van der Waals surface area contributed by atoms with E-state index < -0.39 is 35.8 Å². The van der Waals surface area contributed by atoms with Crippen LogP contribution >= 0.6 is 0 Å². The number of carbonyl (C=O) groups excluding carboxylic acids is 3. The van der Waals surface area contributed by atoms with Gasteiger partial charge in [-0.25, -0.2) is 14.8 Å². The number of hydrogen-bond acceptors (Lipinski definition) is 7. The summed E-state index contributed by atoms with van der Waals surface area (Å²) in [5, 5.41) is 12.4. The number of likely N-dealkylation sites (tertiary alicyclic amines) is 2. The van der Waals surface area contributed by atoms with Crippen LogP contribution in [0.25, 0.3) is 0 Å². The van der Waals surface area contributed by atoms with Crippen molar-refractivity contribution < 1.29 is 24.2 Å². The molecule has 1 aromatic rings. The van der Waals surface area contributed by atoms with Crippen molar-refractivity contribution in [3.63, 3.8) is 0 Å². The summed E-state index contributed by atoms with van der Waals surface area (Å²) in [5.41, 5.74) is -1.65. The van der Waals surface area contributed by atoms with Crippen molar-refractivity contribution in [2.75, 3.05) is 19.7 Å². The van der Waals surface area contributed by atoms with Gasteiger partial charge in [0, 0.05) is 18.9 Å². The third-order valence-electron chi connectivity index (χ3n) is 5.09. The molecule has 2 N–H and O–H groups in total. The lowest BCUT2D eigenvalue weighted by Crippen LogP contribution is -2.76. The first-order chi connectivity index (χ1) is 13.7. The zero-order valence-electron chi connectivity index (χ0n) is 16.9. The Hall–Kier alpha value is -2.75. The summed E-state index contributed by atoms with van der Waals surface area (Å²) in [6, 6.07) is 0.635. The quantitative estimate of drug-likeness (QED) is 0.664. The Morgan fingerprint density at radius 2 is 2.03 bits per heavy atom. The van der Waals surface area contributed by atoms with E-state index in [2.05, 4.69) is 15.3 Å². The second kappa shape index (κ2) is 7.94. The maximum Gasteiger partial charge on any atom is 0.411 e. The van der Waals surface area contributed by atoms with E-state index in [9.17, 15) is 19.5 Å². The highest BCUT2D eigenvalue weighted by atomic mass is 16.6. The number of aliphatic hydroxyl groups excluding tert-OH is 1. The summed E-state index contributed by atoms with van der Waals surface area (Å²) >= 11 is 0. The van der Waals surface area contributed by atoms with Gasteiger partial charge in [-0.05, 0) is 39.7 Å². The lowest BCUT2D eigenvalue weighted by molar-refractivity contribution is -0.169. The van der Waals surface area contributed by atoms with Gasteiger partial charge in [0.2, 0.25) is 5.91 Å². The van der Waals surface area contributed by atoms with Crippen LogP contribution in [-0.2, 0) is 20.9 Å². The Kier molecular flexibility index (Phi) is 5.74. The summed E-state index contributed by atoms with van der Waals surface area (Å²) in [7, 11) is 0. The van der Waals surface area contributed by atoms with Crippen LogP contribution in [0.2, 0.25) is 0 Å². The molecule has 3 rings (SSSR count). The van der Waals surface area contributed by atoms with Crippen molar-refractivity contribution in [1.82, 2.24) is 25.1 Å². The number of ether oxygens (including phenoxy) is 1. The van der Waals surface area contributed by atoms with Crippen LogP contribution in [0.15, 0.2) is 18.5 Å². The van der Waals surface area contributed by atoms with Crippen LogP contribution in [0.3, 0.4) is 0 Å². The lowest BCUT2D eigenvalue weighted by Gasteiger charge is -2.52. The van der Waals surface area contributed by atoms with Crippen LogP contribution in [0, 0.1) is 0 Å². The number of rotatable bonds is 5. The van der Waals surface area contributed by atoms with Crippen molar-refractivity contribution in [2.45, 2.75) is 57.3 Å². The Balaban J connectivity index is 1.64. The van der Waals surface area contributed by atoms with Gasteiger partial charge in [-0.2, -0.15) is 0 Å². The van der Waals surface area contributed by atoms with Gasteiger partial charge >= 0.3 is 6.09 Å². The maximum absolute atomic E-state index is 13.0. The van der Waals surface area contributed by atoms with Gasteiger partial charge in [0.25, 0.3) is 5.91 Å². The minimum absolute atomic E-state index is 0.0907. The van der Waals surface area contributed by atoms with E-state index in [0.29, 0.717) is 25.2 Å². The first-order valence-electron chi connectivity index (χ1n) is 9.64. The van der Waals surface area contributed by atoms with E-state index in [-0.39, 0.29) is 19.0 Å². The predicted molar refractivity (Wildman–Crippen MR) is 101 cm³/mol. The molecular formula is C19H27N5O5. The van der Waals surface area contributed by atoms with Crippen molar-refractivity contribution in [2.24, 2.45) is 0 Å². The highest BCUT2D eigenvalue weighted by molar-refractivity contribution is 5.99.